The van der Waals surface area contributed by atoms with Gasteiger partial charge in [0.25, 0.3) is 0 Å². The van der Waals surface area contributed by atoms with E-state index >= 15 is 0 Å². The summed E-state index contributed by atoms with van der Waals surface area (Å²) in [6.07, 6.45) is 2.82. The highest BCUT2D eigenvalue weighted by Gasteiger charge is 2.09. The number of nitrogens with one attached hydrogen (secondary N) is 1. The van der Waals surface area contributed by atoms with Crippen LogP contribution in [0.3, 0.4) is 0 Å². The lowest BCUT2D eigenvalue weighted by Crippen LogP contribution is -2.15. The van der Waals surface area contributed by atoms with Gasteiger partial charge in [-0.2, -0.15) is 10.4 Å². The van der Waals surface area contributed by atoms with Gasteiger partial charge in [-0.25, -0.2) is 0 Å². The number of hydrogen-bond donors (Lipinski definition) is 1. The molecule has 6 heteroatoms. The summed E-state index contributed by atoms with van der Waals surface area (Å²) in [4.78, 5) is 16.9. The van der Waals surface area contributed by atoms with E-state index in [9.17, 15) is 4.79 Å². The highest BCUT2D eigenvalue weighted by atomic mass is 16.1. The quantitative estimate of drug-likeness (QED) is 0.662. The number of carbonyl (C=O) groups is 1. The van der Waals surface area contributed by atoms with Gasteiger partial charge in [0, 0.05) is 12.3 Å². The lowest BCUT2D eigenvalue weighted by molar-refractivity contribution is -0.115. The third kappa shape index (κ3) is 5.29. The van der Waals surface area contributed by atoms with Crippen LogP contribution in [0.25, 0.3) is 0 Å². The minimum absolute atomic E-state index is 0.0997. The first-order valence-electron chi connectivity index (χ1n) is 9.79. The highest BCUT2D eigenvalue weighted by Crippen LogP contribution is 2.15. The van der Waals surface area contributed by atoms with Crippen molar-refractivity contribution in [1.82, 2.24) is 14.8 Å². The molecule has 2 heterocycles. The van der Waals surface area contributed by atoms with E-state index in [4.69, 9.17) is 5.26 Å². The molecular weight excluding hydrogens is 362 g/mol. The molecule has 0 atom stereocenters. The molecule has 3 aromatic rings. The van der Waals surface area contributed by atoms with Gasteiger partial charge in [-0.3, -0.25) is 14.5 Å². The largest absolute Gasteiger partial charge is 0.309 e. The first-order chi connectivity index (χ1) is 14.0. The number of pyridine rings is 1. The second-order valence-electron chi connectivity index (χ2n) is 7.28. The Balaban J connectivity index is 1.60. The summed E-state index contributed by atoms with van der Waals surface area (Å²) in [7, 11) is 0. The van der Waals surface area contributed by atoms with Crippen LogP contribution in [-0.4, -0.2) is 20.7 Å². The normalized spacial score (nSPS) is 10.7. The Labute approximate surface area is 171 Å². The van der Waals surface area contributed by atoms with Crippen molar-refractivity contribution in [3.8, 4) is 6.07 Å². The molecule has 1 N–H and O–H groups in total. The first kappa shape index (κ1) is 20.3. The van der Waals surface area contributed by atoms with Crippen LogP contribution >= 0.6 is 0 Å². The SMILES string of the molecule is CCc1nc(Cn2ccc(NC(=O)Cc3ccc(C(C)C)cc3)n2)ccc1C#N. The summed E-state index contributed by atoms with van der Waals surface area (Å²) in [6.45, 7) is 6.75. The molecule has 0 radical (unpaired) electrons. The molecule has 0 aliphatic heterocycles. The Kier molecular flexibility index (Phi) is 6.40. The molecule has 0 saturated heterocycles. The molecule has 6 nitrogen and oxygen atoms in total. The summed E-state index contributed by atoms with van der Waals surface area (Å²) in [6, 6.07) is 15.7. The van der Waals surface area contributed by atoms with Crippen molar-refractivity contribution in [1.29, 1.82) is 5.26 Å². The monoisotopic (exact) mass is 387 g/mol. The summed E-state index contributed by atoms with van der Waals surface area (Å²) < 4.78 is 1.72. The van der Waals surface area contributed by atoms with Gasteiger partial charge in [-0.15, -0.1) is 0 Å². The molecule has 0 bridgehead atoms. The molecular formula is C23H25N5O. The summed E-state index contributed by atoms with van der Waals surface area (Å²) in [5.41, 5.74) is 4.45. The number of anilines is 1. The standard InChI is InChI=1S/C23H25N5O/c1-4-21-19(14-24)9-10-20(25-21)15-28-12-11-22(27-28)26-23(29)13-17-5-7-18(8-6-17)16(2)3/h5-12,16H,4,13,15H2,1-3H3,(H,26,27,29). The highest BCUT2D eigenvalue weighted by molar-refractivity contribution is 5.91. The van der Waals surface area contributed by atoms with Crippen LogP contribution in [0.5, 0.6) is 0 Å². The van der Waals surface area contributed by atoms with Crippen molar-refractivity contribution >= 4 is 11.7 Å². The number of nitriles is 1. The van der Waals surface area contributed by atoms with E-state index in [0.29, 0.717) is 36.7 Å². The Morgan fingerprint density at radius 3 is 2.59 bits per heavy atom. The van der Waals surface area contributed by atoms with Crippen LogP contribution in [0.2, 0.25) is 0 Å². The van der Waals surface area contributed by atoms with Crippen LogP contribution in [0.15, 0.2) is 48.7 Å². The van der Waals surface area contributed by atoms with Crippen molar-refractivity contribution in [2.45, 2.75) is 46.1 Å². The summed E-state index contributed by atoms with van der Waals surface area (Å²) in [5.74, 6) is 0.885. The van der Waals surface area contributed by atoms with E-state index in [1.807, 2.05) is 25.1 Å². The van der Waals surface area contributed by atoms with Crippen LogP contribution in [0.4, 0.5) is 5.82 Å². The molecule has 0 saturated carbocycles. The van der Waals surface area contributed by atoms with E-state index in [2.05, 4.69) is 47.4 Å². The third-order valence-corrected chi connectivity index (χ3v) is 4.73. The van der Waals surface area contributed by atoms with Crippen LogP contribution in [0, 0.1) is 11.3 Å². The van der Waals surface area contributed by atoms with Gasteiger partial charge >= 0.3 is 0 Å². The zero-order chi connectivity index (χ0) is 20.8. The summed E-state index contributed by atoms with van der Waals surface area (Å²) >= 11 is 0. The van der Waals surface area contributed by atoms with Gasteiger partial charge in [-0.1, -0.05) is 45.0 Å². The predicted molar refractivity (Wildman–Crippen MR) is 113 cm³/mol. The average molecular weight is 387 g/mol. The second-order valence-corrected chi connectivity index (χ2v) is 7.28. The molecule has 0 unspecified atom stereocenters. The van der Waals surface area contributed by atoms with Crippen molar-refractivity contribution < 1.29 is 4.79 Å². The Bertz CT molecular complexity index is 1030. The van der Waals surface area contributed by atoms with E-state index < -0.39 is 0 Å². The van der Waals surface area contributed by atoms with Gasteiger partial charge in [0.1, 0.15) is 6.07 Å². The molecule has 3 rings (SSSR count). The number of aromatic nitrogens is 3. The number of benzene rings is 1. The Morgan fingerprint density at radius 1 is 1.17 bits per heavy atom. The molecule has 0 fully saturated rings. The van der Waals surface area contributed by atoms with Crippen molar-refractivity contribution in [2.24, 2.45) is 0 Å². The predicted octanol–water partition coefficient (Wildman–Crippen LogP) is 4.07. The van der Waals surface area contributed by atoms with Gasteiger partial charge in [0.05, 0.1) is 29.9 Å². The summed E-state index contributed by atoms with van der Waals surface area (Å²) in [5, 5.41) is 16.4. The fourth-order valence-corrected chi connectivity index (χ4v) is 3.08. The number of nitrogens with zero attached hydrogens (tertiary/aromatic N) is 4. The molecule has 148 valence electrons. The van der Waals surface area contributed by atoms with E-state index in [1.165, 1.54) is 5.56 Å². The molecule has 1 aromatic carbocycles. The maximum absolute atomic E-state index is 12.3. The third-order valence-electron chi connectivity index (χ3n) is 4.73. The fourth-order valence-electron chi connectivity index (χ4n) is 3.08. The number of amides is 1. The van der Waals surface area contributed by atoms with E-state index in [0.717, 1.165) is 17.0 Å². The van der Waals surface area contributed by atoms with E-state index in [1.54, 1.807) is 23.0 Å². The number of rotatable bonds is 7. The second kappa shape index (κ2) is 9.16. The number of aryl methyl sites for hydroxylation is 1. The average Bonchev–Trinajstić information content (AvgIpc) is 3.14. The smallest absolute Gasteiger partial charge is 0.229 e. The maximum atomic E-state index is 12.3. The van der Waals surface area contributed by atoms with Crippen LogP contribution in [-0.2, 0) is 24.2 Å². The first-order valence-corrected chi connectivity index (χ1v) is 9.79. The number of hydrogen-bond acceptors (Lipinski definition) is 4. The van der Waals surface area contributed by atoms with Crippen molar-refractivity contribution in [2.75, 3.05) is 5.32 Å². The van der Waals surface area contributed by atoms with E-state index in [-0.39, 0.29) is 5.91 Å². The van der Waals surface area contributed by atoms with Gasteiger partial charge in [0.2, 0.25) is 5.91 Å². The number of carbonyl (C=O) groups excluding carboxylic acids is 1. The topological polar surface area (TPSA) is 83.6 Å². The molecule has 1 amide bonds. The van der Waals surface area contributed by atoms with Crippen LogP contribution in [0.1, 0.15) is 54.8 Å². The fraction of sp³-hybridized carbons (Fsp3) is 0.304. The van der Waals surface area contributed by atoms with Crippen LogP contribution < -0.4 is 5.32 Å². The van der Waals surface area contributed by atoms with Crippen molar-refractivity contribution in [3.63, 3.8) is 0 Å². The molecule has 0 aliphatic carbocycles. The lowest BCUT2D eigenvalue weighted by Gasteiger charge is -2.07. The van der Waals surface area contributed by atoms with Gasteiger partial charge in [0.15, 0.2) is 5.82 Å². The zero-order valence-corrected chi connectivity index (χ0v) is 17.0. The lowest BCUT2D eigenvalue weighted by atomic mass is 10.0. The molecule has 2 aromatic heterocycles. The Hall–Kier alpha value is -3.46. The zero-order valence-electron chi connectivity index (χ0n) is 17.0. The molecule has 0 aliphatic rings. The molecule has 0 spiro atoms. The minimum Gasteiger partial charge on any atom is -0.309 e. The molecule has 29 heavy (non-hydrogen) atoms. The van der Waals surface area contributed by atoms with Gasteiger partial charge < -0.3 is 5.32 Å². The van der Waals surface area contributed by atoms with Crippen molar-refractivity contribution in [3.05, 3.63) is 76.7 Å². The van der Waals surface area contributed by atoms with Gasteiger partial charge in [-0.05, 0) is 35.6 Å². The minimum atomic E-state index is -0.0997. The maximum Gasteiger partial charge on any atom is 0.229 e. The Morgan fingerprint density at radius 2 is 1.93 bits per heavy atom.